The van der Waals surface area contributed by atoms with Crippen molar-refractivity contribution in [2.24, 2.45) is 0 Å². The molecule has 1 amide bonds. The third-order valence-corrected chi connectivity index (χ3v) is 6.32. The number of nitrogens with one attached hydrogen (secondary N) is 2. The molecule has 0 aliphatic rings. The van der Waals surface area contributed by atoms with Crippen LogP contribution in [0.15, 0.2) is 65.6 Å². The van der Waals surface area contributed by atoms with Gasteiger partial charge >= 0.3 is 5.97 Å². The molecule has 0 fully saturated rings. The van der Waals surface area contributed by atoms with E-state index in [0.29, 0.717) is 11.3 Å². The number of sulfonamides is 1. The van der Waals surface area contributed by atoms with Gasteiger partial charge in [-0.3, -0.25) is 4.79 Å². The molecule has 0 aromatic heterocycles. The summed E-state index contributed by atoms with van der Waals surface area (Å²) in [5.41, 5.74) is 1.24. The molecule has 0 radical (unpaired) electrons. The van der Waals surface area contributed by atoms with Crippen LogP contribution < -0.4 is 10.0 Å². The molecule has 7 nitrogen and oxygen atoms in total. The molecule has 0 aliphatic heterocycles. The summed E-state index contributed by atoms with van der Waals surface area (Å²) >= 11 is 0. The number of anilines is 1. The van der Waals surface area contributed by atoms with Crippen LogP contribution in [0.3, 0.4) is 0 Å². The van der Waals surface area contributed by atoms with Crippen molar-refractivity contribution in [1.29, 1.82) is 0 Å². The van der Waals surface area contributed by atoms with Gasteiger partial charge in [-0.1, -0.05) is 49.4 Å². The minimum atomic E-state index is -3.73. The van der Waals surface area contributed by atoms with Crippen molar-refractivity contribution in [3.63, 3.8) is 0 Å². The number of esters is 1. The second kappa shape index (κ2) is 9.28. The van der Waals surface area contributed by atoms with E-state index in [9.17, 15) is 18.0 Å². The van der Waals surface area contributed by atoms with Crippen molar-refractivity contribution in [2.75, 3.05) is 11.9 Å². The predicted octanol–water partition coefficient (Wildman–Crippen LogP) is 3.63. The van der Waals surface area contributed by atoms with E-state index in [2.05, 4.69) is 10.0 Å². The van der Waals surface area contributed by atoms with E-state index in [1.165, 1.54) is 25.1 Å². The minimum Gasteiger partial charge on any atom is -0.449 e. The first-order valence-corrected chi connectivity index (χ1v) is 11.3. The van der Waals surface area contributed by atoms with Crippen LogP contribution in [0.2, 0.25) is 0 Å². The van der Waals surface area contributed by atoms with Gasteiger partial charge in [0, 0.05) is 17.6 Å². The minimum absolute atomic E-state index is 0.0419. The number of aryl methyl sites for hydroxylation is 1. The van der Waals surface area contributed by atoms with Crippen LogP contribution >= 0.6 is 0 Å². The van der Waals surface area contributed by atoms with Crippen molar-refractivity contribution in [2.45, 2.75) is 31.8 Å². The van der Waals surface area contributed by atoms with Crippen LogP contribution in [0.1, 0.15) is 29.8 Å². The summed E-state index contributed by atoms with van der Waals surface area (Å²) in [5.74, 6) is -1.26. The number of ether oxygens (including phenoxy) is 1. The number of benzene rings is 3. The predicted molar refractivity (Wildman–Crippen MR) is 119 cm³/mol. The van der Waals surface area contributed by atoms with Crippen LogP contribution in [0.25, 0.3) is 10.8 Å². The summed E-state index contributed by atoms with van der Waals surface area (Å²) < 4.78 is 32.2. The molecule has 0 heterocycles. The summed E-state index contributed by atoms with van der Waals surface area (Å²) in [6, 6.07) is 17.3. The molecule has 1 unspecified atom stereocenters. The summed E-state index contributed by atoms with van der Waals surface area (Å²) in [7, 11) is -3.73. The van der Waals surface area contributed by atoms with Gasteiger partial charge in [0.2, 0.25) is 10.0 Å². The smallest absolute Gasteiger partial charge is 0.339 e. The lowest BCUT2D eigenvalue weighted by Gasteiger charge is -2.16. The van der Waals surface area contributed by atoms with E-state index in [-0.39, 0.29) is 17.0 Å². The van der Waals surface area contributed by atoms with Crippen LogP contribution in [-0.2, 0) is 19.6 Å². The van der Waals surface area contributed by atoms with Crippen molar-refractivity contribution < 1.29 is 22.7 Å². The number of hydrogen-bond acceptors (Lipinski definition) is 5. The molecule has 8 heteroatoms. The average Bonchev–Trinajstić information content (AvgIpc) is 2.74. The average molecular weight is 441 g/mol. The fourth-order valence-electron chi connectivity index (χ4n) is 3.11. The largest absolute Gasteiger partial charge is 0.449 e. The van der Waals surface area contributed by atoms with Gasteiger partial charge in [0.1, 0.15) is 0 Å². The zero-order valence-corrected chi connectivity index (χ0v) is 18.3. The highest BCUT2D eigenvalue weighted by atomic mass is 32.2. The summed E-state index contributed by atoms with van der Waals surface area (Å²) in [4.78, 5) is 25.2. The number of carbonyl (C=O) groups excluding carboxylic acids is 2. The molecule has 0 aliphatic carbocycles. The van der Waals surface area contributed by atoms with Gasteiger partial charge in [-0.25, -0.2) is 17.9 Å². The Hall–Kier alpha value is -3.23. The molecule has 162 valence electrons. The molecule has 3 aromatic rings. The maximum Gasteiger partial charge on any atom is 0.339 e. The molecule has 1 atom stereocenters. The Kier molecular flexibility index (Phi) is 6.72. The van der Waals surface area contributed by atoms with Crippen molar-refractivity contribution in [3.05, 3.63) is 71.8 Å². The van der Waals surface area contributed by atoms with Gasteiger partial charge in [0.05, 0.1) is 10.5 Å². The van der Waals surface area contributed by atoms with Gasteiger partial charge < -0.3 is 10.1 Å². The molecule has 2 N–H and O–H groups in total. The Morgan fingerprint density at radius 3 is 2.48 bits per heavy atom. The Bertz CT molecular complexity index is 1230. The maximum atomic E-state index is 12.7. The molecule has 0 saturated heterocycles. The van der Waals surface area contributed by atoms with Crippen LogP contribution in [0, 0.1) is 6.92 Å². The van der Waals surface area contributed by atoms with Crippen molar-refractivity contribution >= 4 is 38.4 Å². The Morgan fingerprint density at radius 1 is 1.03 bits per heavy atom. The van der Waals surface area contributed by atoms with E-state index >= 15 is 0 Å². The zero-order valence-electron chi connectivity index (χ0n) is 17.5. The second-order valence-corrected chi connectivity index (χ2v) is 8.81. The van der Waals surface area contributed by atoms with E-state index < -0.39 is 28.0 Å². The number of hydrogen-bond donors (Lipinski definition) is 2. The number of amides is 1. The first-order chi connectivity index (χ1) is 14.7. The molecule has 31 heavy (non-hydrogen) atoms. The van der Waals surface area contributed by atoms with E-state index in [0.717, 1.165) is 10.8 Å². The van der Waals surface area contributed by atoms with Gasteiger partial charge in [-0.05, 0) is 43.0 Å². The molecule has 0 saturated carbocycles. The Labute approximate surface area is 181 Å². The zero-order chi connectivity index (χ0) is 22.6. The number of rotatable bonds is 7. The molecular formula is C23H24N2O5S. The first kappa shape index (κ1) is 22.5. The van der Waals surface area contributed by atoms with Crippen molar-refractivity contribution in [3.8, 4) is 0 Å². The molecule has 3 aromatic carbocycles. The number of carbonyl (C=O) groups is 2. The van der Waals surface area contributed by atoms with Crippen LogP contribution in [-0.4, -0.2) is 32.9 Å². The van der Waals surface area contributed by atoms with Crippen LogP contribution in [0.5, 0.6) is 0 Å². The quantitative estimate of drug-likeness (QED) is 0.546. The van der Waals surface area contributed by atoms with Gasteiger partial charge in [0.15, 0.2) is 6.10 Å². The summed E-state index contributed by atoms with van der Waals surface area (Å²) in [5, 5.41) is 4.63. The third-order valence-electron chi connectivity index (χ3n) is 4.77. The fraction of sp³-hybridized carbons (Fsp3) is 0.217. The summed E-state index contributed by atoms with van der Waals surface area (Å²) in [6.45, 7) is 5.02. The lowest BCUT2D eigenvalue weighted by Crippen LogP contribution is -2.30. The van der Waals surface area contributed by atoms with Gasteiger partial charge in [-0.2, -0.15) is 0 Å². The van der Waals surface area contributed by atoms with Gasteiger partial charge in [0.25, 0.3) is 5.91 Å². The topological polar surface area (TPSA) is 102 Å². The highest BCUT2D eigenvalue weighted by Gasteiger charge is 2.23. The van der Waals surface area contributed by atoms with Gasteiger partial charge in [-0.15, -0.1) is 0 Å². The highest BCUT2D eigenvalue weighted by Crippen LogP contribution is 2.23. The summed E-state index contributed by atoms with van der Waals surface area (Å²) in [6.07, 6.45) is -1.08. The second-order valence-electron chi connectivity index (χ2n) is 7.04. The number of fused-ring (bicyclic) bond motifs is 1. The highest BCUT2D eigenvalue weighted by molar-refractivity contribution is 7.89. The monoisotopic (exact) mass is 440 g/mol. The Balaban J connectivity index is 1.76. The maximum absolute atomic E-state index is 12.7. The lowest BCUT2D eigenvalue weighted by molar-refractivity contribution is -0.123. The first-order valence-electron chi connectivity index (χ1n) is 9.83. The molecular weight excluding hydrogens is 416 g/mol. The Morgan fingerprint density at radius 2 is 1.74 bits per heavy atom. The SMILES string of the molecule is CCNS(=O)(=O)c1ccc(C)c(C(=O)OC(C)C(=O)Nc2cccc3ccccc23)c1. The van der Waals surface area contributed by atoms with E-state index in [1.807, 2.05) is 36.4 Å². The van der Waals surface area contributed by atoms with E-state index in [1.54, 1.807) is 19.9 Å². The van der Waals surface area contributed by atoms with Crippen molar-refractivity contribution in [1.82, 2.24) is 4.72 Å². The molecule has 3 rings (SSSR count). The fourth-order valence-corrected chi connectivity index (χ4v) is 4.17. The van der Waals surface area contributed by atoms with E-state index in [4.69, 9.17) is 4.74 Å². The molecule has 0 bridgehead atoms. The third kappa shape index (κ3) is 5.10. The standard InChI is InChI=1S/C23H24N2O5S/c1-4-24-31(28,29)18-13-12-15(2)20(14-18)23(27)30-16(3)22(26)25-21-11-7-9-17-8-5-6-10-19(17)21/h5-14,16,24H,4H2,1-3H3,(H,25,26). The van der Waals surface area contributed by atoms with Crippen LogP contribution in [0.4, 0.5) is 5.69 Å². The molecule has 0 spiro atoms. The normalized spacial score (nSPS) is 12.4. The lowest BCUT2D eigenvalue weighted by atomic mass is 10.1.